The van der Waals surface area contributed by atoms with Crippen molar-refractivity contribution >= 4 is 44.7 Å². The van der Waals surface area contributed by atoms with Crippen LogP contribution in [-0.2, 0) is 6.42 Å². The van der Waals surface area contributed by atoms with Crippen molar-refractivity contribution in [3.05, 3.63) is 46.1 Å². The van der Waals surface area contributed by atoms with Gasteiger partial charge in [0.25, 0.3) is 0 Å². The van der Waals surface area contributed by atoms with Crippen LogP contribution in [0.25, 0.3) is 10.2 Å². The van der Waals surface area contributed by atoms with Crippen molar-refractivity contribution in [2.45, 2.75) is 20.3 Å². The maximum Gasteiger partial charge on any atom is 0.142 e. The number of hydrogen-bond acceptors (Lipinski definition) is 4. The summed E-state index contributed by atoms with van der Waals surface area (Å²) in [7, 11) is 0. The number of nitrogens with one attached hydrogen (secondary N) is 1. The molecule has 0 radical (unpaired) electrons. The van der Waals surface area contributed by atoms with Gasteiger partial charge in [0.2, 0.25) is 0 Å². The Bertz CT molecular complexity index is 767. The van der Waals surface area contributed by atoms with Gasteiger partial charge in [0.05, 0.1) is 5.39 Å². The van der Waals surface area contributed by atoms with Crippen molar-refractivity contribution in [2.75, 3.05) is 5.32 Å². The zero-order chi connectivity index (χ0) is 14.1. The van der Waals surface area contributed by atoms with Crippen LogP contribution in [0.1, 0.15) is 17.4 Å². The fraction of sp³-hybridized carbons (Fsp3) is 0.200. The molecule has 0 bridgehead atoms. The van der Waals surface area contributed by atoms with Gasteiger partial charge in [-0.2, -0.15) is 0 Å². The molecule has 0 aliphatic heterocycles. The standard InChI is InChI=1S/C15H14ClN3S/c1-3-10-7-11-14(17-8-18-15(11)20-10)19-13-6-4-5-12(16)9(13)2/h4-8H,3H2,1-2H3,(H,17,18,19). The Morgan fingerprint density at radius 3 is 2.95 bits per heavy atom. The normalized spacial score (nSPS) is 10.9. The summed E-state index contributed by atoms with van der Waals surface area (Å²) in [6.07, 6.45) is 2.61. The number of rotatable bonds is 3. The third-order valence-corrected chi connectivity index (χ3v) is 4.85. The monoisotopic (exact) mass is 303 g/mol. The van der Waals surface area contributed by atoms with Crippen molar-refractivity contribution in [1.29, 1.82) is 0 Å². The third kappa shape index (κ3) is 2.37. The van der Waals surface area contributed by atoms with Crippen LogP contribution >= 0.6 is 22.9 Å². The number of halogens is 1. The molecule has 1 N–H and O–H groups in total. The van der Waals surface area contributed by atoms with Crippen LogP contribution in [-0.4, -0.2) is 9.97 Å². The Kier molecular flexibility index (Phi) is 3.59. The molecule has 20 heavy (non-hydrogen) atoms. The number of anilines is 2. The molecule has 5 heteroatoms. The van der Waals surface area contributed by atoms with Crippen molar-refractivity contribution < 1.29 is 0 Å². The fourth-order valence-corrected chi connectivity index (χ4v) is 3.16. The molecule has 0 unspecified atom stereocenters. The lowest BCUT2D eigenvalue weighted by molar-refractivity contribution is 1.19. The van der Waals surface area contributed by atoms with Crippen molar-refractivity contribution in [3.63, 3.8) is 0 Å². The molecule has 102 valence electrons. The molecule has 0 atom stereocenters. The van der Waals surface area contributed by atoms with Crippen LogP contribution in [0.5, 0.6) is 0 Å². The minimum Gasteiger partial charge on any atom is -0.339 e. The van der Waals surface area contributed by atoms with E-state index >= 15 is 0 Å². The molecular formula is C15H14ClN3S. The smallest absolute Gasteiger partial charge is 0.142 e. The summed E-state index contributed by atoms with van der Waals surface area (Å²) >= 11 is 7.87. The first-order chi connectivity index (χ1) is 9.69. The minimum atomic E-state index is 0.750. The number of aryl methyl sites for hydroxylation is 1. The van der Waals surface area contributed by atoms with E-state index in [1.165, 1.54) is 4.88 Å². The second-order valence-electron chi connectivity index (χ2n) is 4.54. The number of thiophene rings is 1. The molecule has 1 aromatic carbocycles. The van der Waals surface area contributed by atoms with E-state index in [9.17, 15) is 0 Å². The highest BCUT2D eigenvalue weighted by molar-refractivity contribution is 7.18. The Balaban J connectivity index is 2.06. The zero-order valence-electron chi connectivity index (χ0n) is 11.3. The maximum absolute atomic E-state index is 6.15. The lowest BCUT2D eigenvalue weighted by Gasteiger charge is -2.10. The predicted octanol–water partition coefficient (Wildman–Crippen LogP) is 4.96. The molecule has 0 saturated carbocycles. The van der Waals surface area contributed by atoms with Gasteiger partial charge in [-0.15, -0.1) is 11.3 Å². The zero-order valence-corrected chi connectivity index (χ0v) is 12.8. The molecule has 0 fully saturated rings. The third-order valence-electron chi connectivity index (χ3n) is 3.25. The average molecular weight is 304 g/mol. The van der Waals surface area contributed by atoms with Gasteiger partial charge >= 0.3 is 0 Å². The summed E-state index contributed by atoms with van der Waals surface area (Å²) in [5, 5.41) is 5.18. The highest BCUT2D eigenvalue weighted by Gasteiger charge is 2.09. The van der Waals surface area contributed by atoms with Crippen molar-refractivity contribution in [2.24, 2.45) is 0 Å². The topological polar surface area (TPSA) is 37.8 Å². The Labute approximate surface area is 126 Å². The van der Waals surface area contributed by atoms with E-state index in [0.29, 0.717) is 0 Å². The van der Waals surface area contributed by atoms with E-state index in [2.05, 4.69) is 28.3 Å². The van der Waals surface area contributed by atoms with Crippen LogP contribution in [0, 0.1) is 6.92 Å². The molecular weight excluding hydrogens is 290 g/mol. The summed E-state index contributed by atoms with van der Waals surface area (Å²) < 4.78 is 0. The molecule has 0 aliphatic rings. The van der Waals surface area contributed by atoms with E-state index < -0.39 is 0 Å². The van der Waals surface area contributed by atoms with Crippen LogP contribution in [0.15, 0.2) is 30.6 Å². The summed E-state index contributed by atoms with van der Waals surface area (Å²) in [6, 6.07) is 7.98. The van der Waals surface area contributed by atoms with Gasteiger partial charge in [0.15, 0.2) is 0 Å². The summed E-state index contributed by atoms with van der Waals surface area (Å²) in [5.41, 5.74) is 1.99. The second kappa shape index (κ2) is 5.38. The van der Waals surface area contributed by atoms with Gasteiger partial charge in [0, 0.05) is 15.6 Å². The lowest BCUT2D eigenvalue weighted by Crippen LogP contribution is -1.96. The first-order valence-corrected chi connectivity index (χ1v) is 7.64. The van der Waals surface area contributed by atoms with Gasteiger partial charge in [-0.25, -0.2) is 9.97 Å². The quantitative estimate of drug-likeness (QED) is 0.743. The molecule has 3 rings (SSSR count). The Morgan fingerprint density at radius 2 is 2.15 bits per heavy atom. The van der Waals surface area contributed by atoms with Gasteiger partial charge in [-0.3, -0.25) is 0 Å². The molecule has 2 heterocycles. The lowest BCUT2D eigenvalue weighted by atomic mass is 10.2. The fourth-order valence-electron chi connectivity index (χ4n) is 2.05. The number of nitrogens with zero attached hydrogens (tertiary/aromatic N) is 2. The van der Waals surface area contributed by atoms with E-state index in [0.717, 1.165) is 38.7 Å². The first-order valence-electron chi connectivity index (χ1n) is 6.44. The summed E-state index contributed by atoms with van der Waals surface area (Å²) in [5.74, 6) is 0.830. The SMILES string of the molecule is CCc1cc2c(Nc3cccc(Cl)c3C)ncnc2s1. The Morgan fingerprint density at radius 1 is 1.30 bits per heavy atom. The van der Waals surface area contributed by atoms with Crippen LogP contribution in [0.2, 0.25) is 5.02 Å². The van der Waals surface area contributed by atoms with Gasteiger partial charge in [-0.05, 0) is 37.1 Å². The molecule has 0 aliphatic carbocycles. The van der Waals surface area contributed by atoms with E-state index in [4.69, 9.17) is 11.6 Å². The molecule has 3 aromatic rings. The maximum atomic E-state index is 6.15. The van der Waals surface area contributed by atoms with Crippen molar-refractivity contribution in [1.82, 2.24) is 9.97 Å². The summed E-state index contributed by atoms with van der Waals surface area (Å²) in [4.78, 5) is 11.0. The highest BCUT2D eigenvalue weighted by atomic mass is 35.5. The Hall–Kier alpha value is -1.65. The van der Waals surface area contributed by atoms with E-state index in [-0.39, 0.29) is 0 Å². The largest absolute Gasteiger partial charge is 0.339 e. The van der Waals surface area contributed by atoms with Gasteiger partial charge < -0.3 is 5.32 Å². The molecule has 3 nitrogen and oxygen atoms in total. The number of aromatic nitrogens is 2. The molecule has 0 amide bonds. The molecule has 2 aromatic heterocycles. The van der Waals surface area contributed by atoms with Gasteiger partial charge in [-0.1, -0.05) is 24.6 Å². The van der Waals surface area contributed by atoms with E-state index in [1.807, 2.05) is 25.1 Å². The summed E-state index contributed by atoms with van der Waals surface area (Å²) in [6.45, 7) is 4.14. The van der Waals surface area contributed by atoms with Crippen LogP contribution in [0.4, 0.5) is 11.5 Å². The predicted molar refractivity (Wildman–Crippen MR) is 86.3 cm³/mol. The molecule has 0 saturated heterocycles. The average Bonchev–Trinajstić information content (AvgIpc) is 2.88. The number of benzene rings is 1. The minimum absolute atomic E-state index is 0.750. The highest BCUT2D eigenvalue weighted by Crippen LogP contribution is 2.32. The van der Waals surface area contributed by atoms with Crippen molar-refractivity contribution in [3.8, 4) is 0 Å². The number of fused-ring (bicyclic) bond motifs is 1. The van der Waals surface area contributed by atoms with Crippen LogP contribution in [0.3, 0.4) is 0 Å². The van der Waals surface area contributed by atoms with E-state index in [1.54, 1.807) is 17.7 Å². The first kappa shape index (κ1) is 13.3. The van der Waals surface area contributed by atoms with Gasteiger partial charge in [0.1, 0.15) is 17.0 Å². The molecule has 0 spiro atoms. The van der Waals surface area contributed by atoms with Crippen LogP contribution < -0.4 is 5.32 Å². The number of hydrogen-bond donors (Lipinski definition) is 1. The second-order valence-corrected chi connectivity index (χ2v) is 6.07.